The van der Waals surface area contributed by atoms with Gasteiger partial charge in [0.2, 0.25) is 15.9 Å². The fraction of sp³-hybridized carbons (Fsp3) is 0.889. The van der Waals surface area contributed by atoms with E-state index in [0.717, 1.165) is 0 Å². The molecule has 1 fully saturated rings. The zero-order valence-corrected chi connectivity index (χ0v) is 10.3. The van der Waals surface area contributed by atoms with Crippen LogP contribution in [0.4, 0.5) is 0 Å². The van der Waals surface area contributed by atoms with E-state index in [1.165, 1.54) is 11.4 Å². The second-order valence-corrected chi connectivity index (χ2v) is 5.79. The molecule has 7 heteroatoms. The highest BCUT2D eigenvalue weighted by atomic mass is 32.2. The molecule has 0 spiro atoms. The molecule has 0 aliphatic carbocycles. The average molecular weight is 250 g/mol. The Balaban J connectivity index is 2.55. The molecule has 0 aromatic carbocycles. The smallest absolute Gasteiger partial charge is 0.235 e. The second-order valence-electron chi connectivity index (χ2n) is 3.70. The Hall–Kier alpha value is -0.660. The lowest BCUT2D eigenvalue weighted by Gasteiger charge is -2.18. The maximum absolute atomic E-state index is 11.8. The maximum Gasteiger partial charge on any atom is 0.235 e. The number of nitrogens with one attached hydrogen (secondary N) is 1. The molecule has 1 aliphatic heterocycles. The number of methoxy groups -OCH3 is 1. The van der Waals surface area contributed by atoms with Gasteiger partial charge < -0.3 is 10.1 Å². The number of nitrogens with zero attached hydrogens (tertiary/aromatic N) is 1. The molecule has 1 aliphatic rings. The van der Waals surface area contributed by atoms with Gasteiger partial charge >= 0.3 is 0 Å². The monoisotopic (exact) mass is 250 g/mol. The SMILES string of the molecule is COCCCS(=O)(=O)N1CCCNC(=O)C1. The van der Waals surface area contributed by atoms with Crippen LogP contribution in [0.5, 0.6) is 0 Å². The summed E-state index contributed by atoms with van der Waals surface area (Å²) in [5.74, 6) is -0.193. The highest BCUT2D eigenvalue weighted by Crippen LogP contribution is 2.06. The number of carbonyl (C=O) groups is 1. The maximum atomic E-state index is 11.8. The minimum absolute atomic E-state index is 0.0358. The first kappa shape index (κ1) is 13.4. The van der Waals surface area contributed by atoms with Crippen molar-refractivity contribution < 1.29 is 17.9 Å². The largest absolute Gasteiger partial charge is 0.385 e. The van der Waals surface area contributed by atoms with Crippen molar-refractivity contribution in [2.75, 3.05) is 39.1 Å². The number of carbonyl (C=O) groups excluding carboxylic acids is 1. The summed E-state index contributed by atoms with van der Waals surface area (Å²) in [7, 11) is -1.79. The van der Waals surface area contributed by atoms with Gasteiger partial charge in [0.25, 0.3) is 0 Å². The van der Waals surface area contributed by atoms with Crippen molar-refractivity contribution in [1.29, 1.82) is 0 Å². The molecule has 16 heavy (non-hydrogen) atoms. The third-order valence-electron chi connectivity index (χ3n) is 2.37. The topological polar surface area (TPSA) is 75.7 Å². The molecule has 1 rings (SSSR count). The summed E-state index contributed by atoms with van der Waals surface area (Å²) in [6, 6.07) is 0. The Morgan fingerprint density at radius 2 is 2.25 bits per heavy atom. The van der Waals surface area contributed by atoms with Gasteiger partial charge in [-0.3, -0.25) is 4.79 Å². The lowest BCUT2D eigenvalue weighted by molar-refractivity contribution is -0.120. The highest BCUT2D eigenvalue weighted by Gasteiger charge is 2.25. The number of hydrogen-bond donors (Lipinski definition) is 1. The fourth-order valence-electron chi connectivity index (χ4n) is 1.53. The molecule has 94 valence electrons. The molecule has 0 aromatic heterocycles. The van der Waals surface area contributed by atoms with Gasteiger partial charge in [0.05, 0.1) is 12.3 Å². The fourth-order valence-corrected chi connectivity index (χ4v) is 2.99. The van der Waals surface area contributed by atoms with E-state index in [9.17, 15) is 13.2 Å². The van der Waals surface area contributed by atoms with E-state index in [4.69, 9.17) is 4.74 Å². The van der Waals surface area contributed by atoms with Gasteiger partial charge in [-0.15, -0.1) is 0 Å². The van der Waals surface area contributed by atoms with Crippen molar-refractivity contribution >= 4 is 15.9 Å². The first-order chi connectivity index (χ1) is 7.56. The molecule has 0 saturated carbocycles. The summed E-state index contributed by atoms with van der Waals surface area (Å²) in [5.41, 5.74) is 0. The summed E-state index contributed by atoms with van der Waals surface area (Å²) >= 11 is 0. The summed E-state index contributed by atoms with van der Waals surface area (Å²) in [6.45, 7) is 1.31. The molecular weight excluding hydrogens is 232 g/mol. The number of hydrogen-bond acceptors (Lipinski definition) is 4. The normalized spacial score (nSPS) is 19.2. The zero-order valence-electron chi connectivity index (χ0n) is 9.44. The second kappa shape index (κ2) is 6.17. The average Bonchev–Trinajstić information content (AvgIpc) is 2.43. The third kappa shape index (κ3) is 4.07. The minimum atomic E-state index is -3.32. The zero-order chi connectivity index (χ0) is 12.0. The summed E-state index contributed by atoms with van der Waals surface area (Å²) in [4.78, 5) is 11.2. The molecule has 0 radical (unpaired) electrons. The van der Waals surface area contributed by atoms with Crippen LogP contribution in [0.1, 0.15) is 12.8 Å². The van der Waals surface area contributed by atoms with Crippen LogP contribution >= 0.6 is 0 Å². The Kier molecular flexibility index (Phi) is 5.17. The number of ether oxygens (including phenoxy) is 1. The Bertz CT molecular complexity index is 328. The third-order valence-corrected chi connectivity index (χ3v) is 4.27. The molecule has 1 N–H and O–H groups in total. The lowest BCUT2D eigenvalue weighted by atomic mass is 10.4. The van der Waals surface area contributed by atoms with Crippen molar-refractivity contribution in [2.24, 2.45) is 0 Å². The van der Waals surface area contributed by atoms with E-state index >= 15 is 0 Å². The molecule has 0 unspecified atom stereocenters. The Labute approximate surface area is 96.0 Å². The van der Waals surface area contributed by atoms with Crippen molar-refractivity contribution in [3.63, 3.8) is 0 Å². The highest BCUT2D eigenvalue weighted by molar-refractivity contribution is 7.89. The number of sulfonamides is 1. The molecule has 0 bridgehead atoms. The van der Waals surface area contributed by atoms with Gasteiger partial charge in [-0.2, -0.15) is 4.31 Å². The summed E-state index contributed by atoms with van der Waals surface area (Å²) in [6.07, 6.45) is 1.12. The van der Waals surface area contributed by atoms with Crippen LogP contribution in [0, 0.1) is 0 Å². The molecule has 1 saturated heterocycles. The van der Waals surface area contributed by atoms with Gasteiger partial charge in [0.15, 0.2) is 0 Å². The summed E-state index contributed by atoms with van der Waals surface area (Å²) in [5, 5.41) is 2.64. The molecular formula is C9H18N2O4S. The standard InChI is InChI=1S/C9H18N2O4S/c1-15-6-3-7-16(13,14)11-5-2-4-10-9(12)8-11/h2-8H2,1H3,(H,10,12). The first-order valence-electron chi connectivity index (χ1n) is 5.30. The predicted molar refractivity (Wildman–Crippen MR) is 59.5 cm³/mol. The van der Waals surface area contributed by atoms with E-state index in [2.05, 4.69) is 5.32 Å². The van der Waals surface area contributed by atoms with E-state index < -0.39 is 10.0 Å². The molecule has 6 nitrogen and oxygen atoms in total. The molecule has 1 amide bonds. The van der Waals surface area contributed by atoms with Crippen molar-refractivity contribution in [3.05, 3.63) is 0 Å². The van der Waals surface area contributed by atoms with Crippen LogP contribution in [0.15, 0.2) is 0 Å². The Morgan fingerprint density at radius 1 is 1.50 bits per heavy atom. The molecule has 0 atom stereocenters. The van der Waals surface area contributed by atoms with Crippen LogP contribution in [0.2, 0.25) is 0 Å². The van der Waals surface area contributed by atoms with Gasteiger partial charge in [-0.05, 0) is 12.8 Å². The molecule has 1 heterocycles. The van der Waals surface area contributed by atoms with E-state index in [-0.39, 0.29) is 18.2 Å². The van der Waals surface area contributed by atoms with Gasteiger partial charge in [0, 0.05) is 26.8 Å². The predicted octanol–water partition coefficient (Wildman–Crippen LogP) is -0.825. The van der Waals surface area contributed by atoms with Crippen LogP contribution in [-0.4, -0.2) is 57.7 Å². The minimum Gasteiger partial charge on any atom is -0.385 e. The van der Waals surface area contributed by atoms with Crippen LogP contribution in [0.3, 0.4) is 0 Å². The Morgan fingerprint density at radius 3 is 2.94 bits per heavy atom. The van der Waals surface area contributed by atoms with E-state index in [0.29, 0.717) is 32.5 Å². The van der Waals surface area contributed by atoms with Crippen molar-refractivity contribution in [2.45, 2.75) is 12.8 Å². The van der Waals surface area contributed by atoms with Crippen LogP contribution in [0.25, 0.3) is 0 Å². The first-order valence-corrected chi connectivity index (χ1v) is 6.90. The van der Waals surface area contributed by atoms with Crippen molar-refractivity contribution in [1.82, 2.24) is 9.62 Å². The van der Waals surface area contributed by atoms with E-state index in [1.807, 2.05) is 0 Å². The van der Waals surface area contributed by atoms with Gasteiger partial charge in [0.1, 0.15) is 0 Å². The molecule has 0 aromatic rings. The number of rotatable bonds is 5. The van der Waals surface area contributed by atoms with E-state index in [1.54, 1.807) is 0 Å². The quantitative estimate of drug-likeness (QED) is 0.647. The van der Waals surface area contributed by atoms with Gasteiger partial charge in [-0.1, -0.05) is 0 Å². The number of amides is 1. The lowest BCUT2D eigenvalue weighted by Crippen LogP contribution is -2.38. The van der Waals surface area contributed by atoms with Crippen LogP contribution < -0.4 is 5.32 Å². The van der Waals surface area contributed by atoms with Crippen LogP contribution in [-0.2, 0) is 19.6 Å². The summed E-state index contributed by atoms with van der Waals surface area (Å²) < 4.78 is 29.8. The van der Waals surface area contributed by atoms with Gasteiger partial charge in [-0.25, -0.2) is 8.42 Å². The van der Waals surface area contributed by atoms with Crippen molar-refractivity contribution in [3.8, 4) is 0 Å².